The molecule has 4 aromatic rings. The van der Waals surface area contributed by atoms with Gasteiger partial charge in [0.05, 0.1) is 0 Å². The van der Waals surface area contributed by atoms with Crippen LogP contribution in [0.2, 0.25) is 0 Å². The van der Waals surface area contributed by atoms with E-state index in [0.717, 1.165) is 16.7 Å². The van der Waals surface area contributed by atoms with Gasteiger partial charge < -0.3 is 19.7 Å². The molecule has 5 rings (SSSR count). The lowest BCUT2D eigenvalue weighted by Crippen LogP contribution is -2.56. The third kappa shape index (κ3) is 5.86. The van der Waals surface area contributed by atoms with Crippen molar-refractivity contribution in [3.05, 3.63) is 84.2 Å². The highest BCUT2D eigenvalue weighted by Gasteiger charge is 2.45. The van der Waals surface area contributed by atoms with Crippen molar-refractivity contribution in [2.75, 3.05) is 19.6 Å². The molecule has 0 saturated carbocycles. The molecule has 206 valence electrons. The van der Waals surface area contributed by atoms with E-state index in [4.69, 9.17) is 14.4 Å². The van der Waals surface area contributed by atoms with Gasteiger partial charge in [0.1, 0.15) is 5.82 Å². The van der Waals surface area contributed by atoms with Crippen molar-refractivity contribution in [3.63, 3.8) is 0 Å². The van der Waals surface area contributed by atoms with Gasteiger partial charge in [-0.05, 0) is 30.2 Å². The fourth-order valence-corrected chi connectivity index (χ4v) is 4.91. The summed E-state index contributed by atoms with van der Waals surface area (Å²) in [6, 6.07) is 21.9. The highest BCUT2D eigenvalue weighted by atomic mass is 19.1. The van der Waals surface area contributed by atoms with E-state index >= 15 is 0 Å². The molecule has 1 fully saturated rings. The molecule has 1 aliphatic rings. The Morgan fingerprint density at radius 2 is 1.73 bits per heavy atom. The standard InChI is InChI=1S/C30H29FN4O5/c1-2-32-28(36)30(39-29(37)38)14-16-35(17-15-30)19-20-8-10-22(11-9-20)26-33-27(40-34-26)23-12-13-24(25(31)18-23)21-6-4-3-5-7-21/h3-13,18H,2,14-17,19H2,1H3,(H,32,36)(H,37,38). The zero-order chi connectivity index (χ0) is 28.1. The number of nitrogens with one attached hydrogen (secondary N) is 1. The fraction of sp³-hybridized carbons (Fsp3) is 0.267. The molecule has 0 unspecified atom stereocenters. The maximum absolute atomic E-state index is 14.8. The van der Waals surface area contributed by atoms with Crippen LogP contribution in [-0.4, -0.2) is 57.4 Å². The first kappa shape index (κ1) is 27.0. The number of likely N-dealkylation sites (N-methyl/N-ethyl adjacent to an activating group) is 1. The molecule has 0 aliphatic carbocycles. The Morgan fingerprint density at radius 1 is 1.02 bits per heavy atom. The van der Waals surface area contributed by atoms with E-state index in [0.29, 0.717) is 43.1 Å². The van der Waals surface area contributed by atoms with E-state index in [-0.39, 0.29) is 24.5 Å². The second-order valence-corrected chi connectivity index (χ2v) is 9.68. The molecule has 40 heavy (non-hydrogen) atoms. The summed E-state index contributed by atoms with van der Waals surface area (Å²) in [5.74, 6) is -0.145. The van der Waals surface area contributed by atoms with E-state index < -0.39 is 17.7 Å². The van der Waals surface area contributed by atoms with Gasteiger partial charge in [0, 0.05) is 55.7 Å². The van der Waals surface area contributed by atoms with Crippen LogP contribution in [0.4, 0.5) is 9.18 Å². The first-order valence-electron chi connectivity index (χ1n) is 13.1. The minimum absolute atomic E-state index is 0.227. The van der Waals surface area contributed by atoms with Gasteiger partial charge in [0.25, 0.3) is 11.8 Å². The van der Waals surface area contributed by atoms with E-state index in [9.17, 15) is 14.0 Å². The number of carboxylic acid groups (broad SMARTS) is 1. The number of piperidine rings is 1. The minimum atomic E-state index is -1.45. The van der Waals surface area contributed by atoms with Gasteiger partial charge >= 0.3 is 6.16 Å². The number of halogens is 1. The molecule has 3 aromatic carbocycles. The molecular weight excluding hydrogens is 515 g/mol. The van der Waals surface area contributed by atoms with Crippen LogP contribution >= 0.6 is 0 Å². The third-order valence-electron chi connectivity index (χ3n) is 7.04. The van der Waals surface area contributed by atoms with Crippen molar-refractivity contribution in [1.82, 2.24) is 20.4 Å². The van der Waals surface area contributed by atoms with Crippen molar-refractivity contribution in [2.24, 2.45) is 0 Å². The Kier molecular flexibility index (Phi) is 7.88. The average molecular weight is 545 g/mol. The van der Waals surface area contributed by atoms with Gasteiger partial charge in [-0.2, -0.15) is 4.98 Å². The number of amides is 1. The molecule has 1 saturated heterocycles. The predicted molar refractivity (Wildman–Crippen MR) is 146 cm³/mol. The molecule has 1 aromatic heterocycles. The topological polar surface area (TPSA) is 118 Å². The predicted octanol–water partition coefficient (Wildman–Crippen LogP) is 5.38. The number of hydrogen-bond acceptors (Lipinski definition) is 7. The summed E-state index contributed by atoms with van der Waals surface area (Å²) in [7, 11) is 0. The number of ether oxygens (including phenoxy) is 1. The fourth-order valence-electron chi connectivity index (χ4n) is 4.91. The molecule has 10 heteroatoms. The highest BCUT2D eigenvalue weighted by Crippen LogP contribution is 2.30. The largest absolute Gasteiger partial charge is 0.506 e. The summed E-state index contributed by atoms with van der Waals surface area (Å²) in [5.41, 5.74) is 2.21. The Bertz CT molecular complexity index is 1480. The van der Waals surface area contributed by atoms with Crippen LogP contribution in [-0.2, 0) is 16.1 Å². The lowest BCUT2D eigenvalue weighted by molar-refractivity contribution is -0.147. The maximum Gasteiger partial charge on any atom is 0.506 e. The Hall–Kier alpha value is -4.57. The SMILES string of the molecule is CCNC(=O)C1(OC(=O)O)CCN(Cc2ccc(-c3noc(-c4ccc(-c5ccccc5)c(F)c4)n3)cc2)CC1. The summed E-state index contributed by atoms with van der Waals surface area (Å²) in [5, 5.41) is 15.9. The highest BCUT2D eigenvalue weighted by molar-refractivity contribution is 5.87. The van der Waals surface area contributed by atoms with Crippen LogP contribution in [0.15, 0.2) is 77.3 Å². The second-order valence-electron chi connectivity index (χ2n) is 9.68. The Labute approximate surface area is 230 Å². The molecular formula is C30H29FN4O5. The number of rotatable bonds is 8. The monoisotopic (exact) mass is 544 g/mol. The lowest BCUT2D eigenvalue weighted by atomic mass is 9.89. The number of aromatic nitrogens is 2. The van der Waals surface area contributed by atoms with Crippen molar-refractivity contribution in [1.29, 1.82) is 0 Å². The number of hydrogen-bond donors (Lipinski definition) is 2. The zero-order valence-electron chi connectivity index (χ0n) is 22.0. The molecule has 0 radical (unpaired) electrons. The number of benzene rings is 3. The van der Waals surface area contributed by atoms with Gasteiger partial charge in [-0.3, -0.25) is 9.69 Å². The zero-order valence-corrected chi connectivity index (χ0v) is 22.0. The molecule has 1 aliphatic heterocycles. The second kappa shape index (κ2) is 11.7. The number of nitrogens with zero attached hydrogens (tertiary/aromatic N) is 3. The molecule has 0 bridgehead atoms. The quantitative estimate of drug-likeness (QED) is 0.284. The maximum atomic E-state index is 14.8. The van der Waals surface area contributed by atoms with Crippen LogP contribution in [0.1, 0.15) is 25.3 Å². The lowest BCUT2D eigenvalue weighted by Gasteiger charge is -2.39. The molecule has 0 atom stereocenters. The summed E-state index contributed by atoms with van der Waals surface area (Å²) in [6.45, 7) is 3.84. The molecule has 2 N–H and O–H groups in total. The van der Waals surface area contributed by atoms with E-state index in [1.54, 1.807) is 19.1 Å². The number of likely N-dealkylation sites (tertiary alicyclic amines) is 1. The van der Waals surface area contributed by atoms with Crippen LogP contribution in [0.25, 0.3) is 34.0 Å². The average Bonchev–Trinajstić information content (AvgIpc) is 3.45. The van der Waals surface area contributed by atoms with E-state index in [1.807, 2.05) is 54.6 Å². The van der Waals surface area contributed by atoms with Crippen molar-refractivity contribution in [2.45, 2.75) is 31.9 Å². The van der Waals surface area contributed by atoms with Crippen molar-refractivity contribution in [3.8, 4) is 34.0 Å². The van der Waals surface area contributed by atoms with Gasteiger partial charge in [-0.25, -0.2) is 9.18 Å². The van der Waals surface area contributed by atoms with Gasteiger partial charge in [-0.15, -0.1) is 0 Å². The van der Waals surface area contributed by atoms with E-state index in [2.05, 4.69) is 20.4 Å². The number of carbonyl (C=O) groups is 2. The van der Waals surface area contributed by atoms with Crippen molar-refractivity contribution >= 4 is 12.1 Å². The van der Waals surface area contributed by atoms with Gasteiger partial charge in [0.15, 0.2) is 5.60 Å². The first-order chi connectivity index (χ1) is 19.4. The molecule has 0 spiro atoms. The first-order valence-corrected chi connectivity index (χ1v) is 13.1. The molecule has 9 nitrogen and oxygen atoms in total. The summed E-state index contributed by atoms with van der Waals surface area (Å²) in [4.78, 5) is 30.3. The smallest absolute Gasteiger partial charge is 0.450 e. The summed E-state index contributed by atoms with van der Waals surface area (Å²) < 4.78 is 25.3. The van der Waals surface area contributed by atoms with Crippen LogP contribution in [0.3, 0.4) is 0 Å². The van der Waals surface area contributed by atoms with E-state index in [1.165, 1.54) is 6.07 Å². The van der Waals surface area contributed by atoms with Gasteiger partial charge in [-0.1, -0.05) is 65.8 Å². The number of carbonyl (C=O) groups excluding carboxylic acids is 1. The summed E-state index contributed by atoms with van der Waals surface area (Å²) in [6.07, 6.45) is -0.891. The Morgan fingerprint density at radius 3 is 2.38 bits per heavy atom. The van der Waals surface area contributed by atoms with Crippen LogP contribution < -0.4 is 5.32 Å². The molecule has 1 amide bonds. The van der Waals surface area contributed by atoms with Gasteiger partial charge in [0.2, 0.25) is 5.82 Å². The van der Waals surface area contributed by atoms with Crippen LogP contribution in [0.5, 0.6) is 0 Å². The Balaban J connectivity index is 1.22. The molecule has 2 heterocycles. The normalized spacial score (nSPS) is 14.9. The summed E-state index contributed by atoms with van der Waals surface area (Å²) >= 11 is 0. The van der Waals surface area contributed by atoms with Crippen LogP contribution in [0, 0.1) is 5.82 Å². The van der Waals surface area contributed by atoms with Crippen molar-refractivity contribution < 1.29 is 28.3 Å². The third-order valence-corrected chi connectivity index (χ3v) is 7.04. The minimum Gasteiger partial charge on any atom is -0.450 e.